The Labute approximate surface area is 130 Å². The van der Waals surface area contributed by atoms with Crippen molar-refractivity contribution >= 4 is 6.09 Å². The van der Waals surface area contributed by atoms with E-state index in [4.69, 9.17) is 4.74 Å². The van der Waals surface area contributed by atoms with Gasteiger partial charge in [-0.2, -0.15) is 0 Å². The Morgan fingerprint density at radius 3 is 2.68 bits per heavy atom. The number of hydrogen-bond donors (Lipinski definition) is 2. The Bertz CT molecular complexity index is 625. The molecule has 4 heteroatoms. The van der Waals surface area contributed by atoms with E-state index in [9.17, 15) is 9.90 Å². The molecule has 2 aromatic carbocycles. The molecule has 0 saturated carbocycles. The number of amides is 1. The Kier molecular flexibility index (Phi) is 5.60. The average Bonchev–Trinajstić information content (AvgIpc) is 2.53. The van der Waals surface area contributed by atoms with Gasteiger partial charge in [0.2, 0.25) is 0 Å². The highest BCUT2D eigenvalue weighted by atomic mass is 16.5. The number of rotatable bonds is 6. The molecular formula is C18H19NO3. The minimum absolute atomic E-state index is 0.158. The normalized spacial score (nSPS) is 11.5. The van der Waals surface area contributed by atoms with Crippen LogP contribution in [0.5, 0.6) is 5.75 Å². The van der Waals surface area contributed by atoms with Crippen molar-refractivity contribution in [2.75, 3.05) is 0 Å². The van der Waals surface area contributed by atoms with E-state index in [0.717, 1.165) is 11.1 Å². The molecule has 1 amide bonds. The van der Waals surface area contributed by atoms with Crippen molar-refractivity contribution in [3.63, 3.8) is 0 Å². The van der Waals surface area contributed by atoms with Crippen LogP contribution < -0.4 is 5.32 Å². The van der Waals surface area contributed by atoms with Gasteiger partial charge in [0, 0.05) is 0 Å². The largest absolute Gasteiger partial charge is 0.508 e. The smallest absolute Gasteiger partial charge is 0.407 e. The highest BCUT2D eigenvalue weighted by Gasteiger charge is 2.14. The summed E-state index contributed by atoms with van der Waals surface area (Å²) in [5, 5.41) is 12.3. The lowest BCUT2D eigenvalue weighted by atomic mass is 10.0. The first kappa shape index (κ1) is 15.6. The second kappa shape index (κ2) is 7.88. The molecule has 4 nitrogen and oxygen atoms in total. The fourth-order valence-electron chi connectivity index (χ4n) is 2.09. The maximum atomic E-state index is 11.9. The number of nitrogens with one attached hydrogen (secondary N) is 1. The summed E-state index contributed by atoms with van der Waals surface area (Å²) in [5.41, 5.74) is 1.73. The van der Waals surface area contributed by atoms with Gasteiger partial charge in [-0.05, 0) is 29.7 Å². The number of phenolic OH excluding ortho intramolecular Hbond substituents is 1. The number of hydrogen-bond acceptors (Lipinski definition) is 3. The molecule has 0 saturated heterocycles. The van der Waals surface area contributed by atoms with Gasteiger partial charge in [-0.25, -0.2) is 4.79 Å². The summed E-state index contributed by atoms with van der Waals surface area (Å²) >= 11 is 0. The monoisotopic (exact) mass is 297 g/mol. The van der Waals surface area contributed by atoms with Crippen LogP contribution in [0.15, 0.2) is 67.3 Å². The van der Waals surface area contributed by atoms with Crippen molar-refractivity contribution in [1.82, 2.24) is 5.32 Å². The van der Waals surface area contributed by atoms with Crippen LogP contribution in [-0.4, -0.2) is 11.2 Å². The molecule has 0 fully saturated rings. The fraction of sp³-hybridized carbons (Fsp3) is 0.167. The number of aromatic hydroxyl groups is 1. The quantitative estimate of drug-likeness (QED) is 0.794. The van der Waals surface area contributed by atoms with Gasteiger partial charge in [0.05, 0.1) is 6.04 Å². The van der Waals surface area contributed by atoms with Gasteiger partial charge in [0.1, 0.15) is 12.4 Å². The third-order valence-corrected chi connectivity index (χ3v) is 3.18. The first-order chi connectivity index (χ1) is 10.7. The van der Waals surface area contributed by atoms with E-state index in [1.165, 1.54) is 0 Å². The summed E-state index contributed by atoms with van der Waals surface area (Å²) in [7, 11) is 0. The molecule has 0 aromatic heterocycles. The van der Waals surface area contributed by atoms with Crippen molar-refractivity contribution in [3.8, 4) is 5.75 Å². The van der Waals surface area contributed by atoms with Crippen LogP contribution in [0.1, 0.15) is 23.6 Å². The van der Waals surface area contributed by atoms with Crippen molar-refractivity contribution in [2.45, 2.75) is 19.1 Å². The summed E-state index contributed by atoms with van der Waals surface area (Å²) in [4.78, 5) is 11.9. The first-order valence-corrected chi connectivity index (χ1v) is 7.06. The molecule has 1 atom stereocenters. The zero-order chi connectivity index (χ0) is 15.8. The van der Waals surface area contributed by atoms with E-state index in [-0.39, 0.29) is 18.4 Å². The molecule has 0 radical (unpaired) electrons. The molecule has 2 aromatic rings. The van der Waals surface area contributed by atoms with Crippen LogP contribution >= 0.6 is 0 Å². The van der Waals surface area contributed by atoms with Crippen molar-refractivity contribution in [2.24, 2.45) is 0 Å². The Balaban J connectivity index is 1.95. The molecule has 0 aliphatic rings. The number of ether oxygens (including phenoxy) is 1. The number of carbonyl (C=O) groups is 1. The zero-order valence-electron chi connectivity index (χ0n) is 12.2. The molecule has 2 rings (SSSR count). The molecule has 114 valence electrons. The molecule has 0 aliphatic heterocycles. The maximum absolute atomic E-state index is 11.9. The lowest BCUT2D eigenvalue weighted by Gasteiger charge is -2.17. The number of carbonyl (C=O) groups excluding carboxylic acids is 1. The van der Waals surface area contributed by atoms with E-state index in [0.29, 0.717) is 6.42 Å². The molecule has 0 spiro atoms. The van der Waals surface area contributed by atoms with E-state index in [2.05, 4.69) is 11.9 Å². The van der Waals surface area contributed by atoms with Gasteiger partial charge in [-0.15, -0.1) is 6.58 Å². The van der Waals surface area contributed by atoms with E-state index in [1.54, 1.807) is 24.3 Å². The second-order valence-corrected chi connectivity index (χ2v) is 4.88. The maximum Gasteiger partial charge on any atom is 0.407 e. The summed E-state index contributed by atoms with van der Waals surface area (Å²) in [6.07, 6.45) is 1.76. The second-order valence-electron chi connectivity index (χ2n) is 4.88. The van der Waals surface area contributed by atoms with Crippen LogP contribution in [0, 0.1) is 0 Å². The standard InChI is InChI=1S/C18H19NO3/c1-2-7-17(15-10-6-11-16(20)12-15)19-18(21)22-13-14-8-4-3-5-9-14/h2-6,8-12,17,20H,1,7,13H2,(H,19,21)/t17-/m0/s1. The van der Waals surface area contributed by atoms with E-state index >= 15 is 0 Å². The fourth-order valence-corrected chi connectivity index (χ4v) is 2.09. The third kappa shape index (κ3) is 4.66. The van der Waals surface area contributed by atoms with Gasteiger partial charge in [-0.1, -0.05) is 48.5 Å². The van der Waals surface area contributed by atoms with Gasteiger partial charge < -0.3 is 15.2 Å². The van der Waals surface area contributed by atoms with E-state index < -0.39 is 6.09 Å². The summed E-state index contributed by atoms with van der Waals surface area (Å²) < 4.78 is 5.21. The van der Waals surface area contributed by atoms with Crippen LogP contribution in [0.25, 0.3) is 0 Å². The highest BCUT2D eigenvalue weighted by molar-refractivity contribution is 5.68. The van der Waals surface area contributed by atoms with E-state index in [1.807, 2.05) is 36.4 Å². The van der Waals surface area contributed by atoms with Crippen molar-refractivity contribution in [1.29, 1.82) is 0 Å². The molecule has 0 aliphatic carbocycles. The predicted molar refractivity (Wildman–Crippen MR) is 85.4 cm³/mol. The number of alkyl carbamates (subject to hydrolysis) is 1. The van der Waals surface area contributed by atoms with Crippen molar-refractivity contribution < 1.29 is 14.6 Å². The molecular weight excluding hydrogens is 278 g/mol. The number of benzene rings is 2. The molecule has 0 heterocycles. The predicted octanol–water partition coefficient (Wildman–Crippen LogP) is 3.94. The zero-order valence-corrected chi connectivity index (χ0v) is 12.2. The number of phenols is 1. The first-order valence-electron chi connectivity index (χ1n) is 7.06. The lowest BCUT2D eigenvalue weighted by Crippen LogP contribution is -2.28. The van der Waals surface area contributed by atoms with Crippen LogP contribution in [0.3, 0.4) is 0 Å². The SMILES string of the molecule is C=CC[C@H](NC(=O)OCc1ccccc1)c1cccc(O)c1. The minimum Gasteiger partial charge on any atom is -0.508 e. The summed E-state index contributed by atoms with van der Waals surface area (Å²) in [6.45, 7) is 3.91. The Morgan fingerprint density at radius 1 is 1.23 bits per heavy atom. The summed E-state index contributed by atoms with van der Waals surface area (Å²) in [6, 6.07) is 16.0. The third-order valence-electron chi connectivity index (χ3n) is 3.18. The van der Waals surface area contributed by atoms with Gasteiger partial charge in [-0.3, -0.25) is 0 Å². The minimum atomic E-state index is -0.501. The van der Waals surface area contributed by atoms with Gasteiger partial charge in [0.15, 0.2) is 0 Å². The van der Waals surface area contributed by atoms with Crippen LogP contribution in [0.4, 0.5) is 4.79 Å². The van der Waals surface area contributed by atoms with Crippen LogP contribution in [-0.2, 0) is 11.3 Å². The van der Waals surface area contributed by atoms with Gasteiger partial charge >= 0.3 is 6.09 Å². The Hall–Kier alpha value is -2.75. The summed E-state index contributed by atoms with van der Waals surface area (Å²) in [5.74, 6) is 0.158. The molecule has 2 N–H and O–H groups in total. The Morgan fingerprint density at radius 2 is 2.00 bits per heavy atom. The lowest BCUT2D eigenvalue weighted by molar-refractivity contribution is 0.135. The molecule has 0 unspecified atom stereocenters. The highest BCUT2D eigenvalue weighted by Crippen LogP contribution is 2.21. The molecule has 22 heavy (non-hydrogen) atoms. The topological polar surface area (TPSA) is 58.6 Å². The average molecular weight is 297 g/mol. The van der Waals surface area contributed by atoms with Crippen molar-refractivity contribution in [3.05, 3.63) is 78.4 Å². The molecule has 0 bridgehead atoms. The van der Waals surface area contributed by atoms with Gasteiger partial charge in [0.25, 0.3) is 0 Å². The van der Waals surface area contributed by atoms with Crippen LogP contribution in [0.2, 0.25) is 0 Å².